The summed E-state index contributed by atoms with van der Waals surface area (Å²) in [6, 6.07) is 0. The molecule has 0 saturated carbocycles. The lowest BCUT2D eigenvalue weighted by atomic mass is 10.5. The van der Waals surface area contributed by atoms with E-state index >= 15 is 0 Å². The van der Waals surface area contributed by atoms with E-state index in [1.54, 1.807) is 6.92 Å². The van der Waals surface area contributed by atoms with Crippen LogP contribution in [0.4, 0.5) is 0 Å². The zero-order chi connectivity index (χ0) is 12.0. The van der Waals surface area contributed by atoms with E-state index in [1.807, 2.05) is 0 Å². The Morgan fingerprint density at radius 3 is 2.88 bits per heavy atom. The molecule has 86 valence electrons. The largest absolute Gasteiger partial charge is 0.476 e. The smallest absolute Gasteiger partial charge is 0.356 e. The van der Waals surface area contributed by atoms with Crippen molar-refractivity contribution in [2.75, 3.05) is 12.4 Å². The molecule has 1 N–H and O–H groups in total. The van der Waals surface area contributed by atoms with Gasteiger partial charge in [-0.05, 0) is 6.92 Å². The third kappa shape index (κ3) is 3.85. The first-order valence-corrected chi connectivity index (χ1v) is 5.45. The zero-order valence-electron chi connectivity index (χ0n) is 8.54. The summed E-state index contributed by atoms with van der Waals surface area (Å²) in [7, 11) is 0. The van der Waals surface area contributed by atoms with Gasteiger partial charge in [-0.2, -0.15) is 0 Å². The van der Waals surface area contributed by atoms with Gasteiger partial charge in [-0.25, -0.2) is 9.78 Å². The summed E-state index contributed by atoms with van der Waals surface area (Å²) in [5, 5.41) is 9.05. The van der Waals surface area contributed by atoms with Crippen LogP contribution >= 0.6 is 11.8 Å². The average Bonchev–Trinajstić information content (AvgIpc) is 2.27. The van der Waals surface area contributed by atoms with Gasteiger partial charge in [0.25, 0.3) is 0 Å². The Balaban J connectivity index is 2.57. The lowest BCUT2D eigenvalue weighted by molar-refractivity contribution is -0.139. The highest BCUT2D eigenvalue weighted by molar-refractivity contribution is 7.99. The molecule has 0 aliphatic heterocycles. The molecule has 16 heavy (non-hydrogen) atoms. The van der Waals surface area contributed by atoms with Crippen molar-refractivity contribution in [1.29, 1.82) is 0 Å². The summed E-state index contributed by atoms with van der Waals surface area (Å²) >= 11 is 1.09. The maximum Gasteiger partial charge on any atom is 0.356 e. The number of esters is 1. The molecule has 1 aromatic rings. The van der Waals surface area contributed by atoms with Gasteiger partial charge in [0.2, 0.25) is 0 Å². The summed E-state index contributed by atoms with van der Waals surface area (Å²) in [5.41, 5.74) is -0.145. The Morgan fingerprint density at radius 1 is 1.50 bits per heavy atom. The number of ether oxygens (including phenoxy) is 1. The average molecular weight is 242 g/mol. The lowest BCUT2D eigenvalue weighted by Crippen LogP contribution is -2.07. The van der Waals surface area contributed by atoms with Crippen LogP contribution in [0.5, 0.6) is 0 Å². The van der Waals surface area contributed by atoms with Crippen molar-refractivity contribution in [3.8, 4) is 0 Å². The van der Waals surface area contributed by atoms with Crippen LogP contribution in [0.25, 0.3) is 0 Å². The highest BCUT2D eigenvalue weighted by atomic mass is 32.2. The number of thioether (sulfide) groups is 1. The van der Waals surface area contributed by atoms with Crippen LogP contribution in [-0.4, -0.2) is 39.4 Å². The van der Waals surface area contributed by atoms with Gasteiger partial charge >= 0.3 is 11.9 Å². The lowest BCUT2D eigenvalue weighted by Gasteiger charge is -2.01. The molecular weight excluding hydrogens is 232 g/mol. The first-order chi connectivity index (χ1) is 7.63. The number of hydrogen-bond acceptors (Lipinski definition) is 6. The SMILES string of the molecule is CCOC(=O)CSc1cncc(C(=O)O)n1. The predicted octanol–water partition coefficient (Wildman–Crippen LogP) is 0.830. The van der Waals surface area contributed by atoms with Gasteiger partial charge in [0.05, 0.1) is 24.8 Å². The van der Waals surface area contributed by atoms with Crippen molar-refractivity contribution >= 4 is 23.7 Å². The molecule has 0 radical (unpaired) electrons. The summed E-state index contributed by atoms with van der Waals surface area (Å²) in [6.45, 7) is 2.04. The van der Waals surface area contributed by atoms with Gasteiger partial charge in [0.1, 0.15) is 5.03 Å². The fraction of sp³-hybridized carbons (Fsp3) is 0.333. The molecule has 1 rings (SSSR count). The van der Waals surface area contributed by atoms with Gasteiger partial charge in [0.15, 0.2) is 5.69 Å². The summed E-state index contributed by atoms with van der Waals surface area (Å²) in [6.07, 6.45) is 2.55. The van der Waals surface area contributed by atoms with Crippen LogP contribution in [0, 0.1) is 0 Å². The number of nitrogens with zero attached hydrogens (tertiary/aromatic N) is 2. The predicted molar refractivity (Wildman–Crippen MR) is 56.3 cm³/mol. The molecule has 6 nitrogen and oxygen atoms in total. The normalized spacial score (nSPS) is 9.81. The van der Waals surface area contributed by atoms with Crippen molar-refractivity contribution in [2.24, 2.45) is 0 Å². The van der Waals surface area contributed by atoms with E-state index < -0.39 is 5.97 Å². The summed E-state index contributed by atoms with van der Waals surface area (Å²) in [5.74, 6) is -1.42. The first kappa shape index (κ1) is 12.4. The molecule has 0 aromatic carbocycles. The molecule has 0 bridgehead atoms. The van der Waals surface area contributed by atoms with E-state index in [1.165, 1.54) is 6.20 Å². The van der Waals surface area contributed by atoms with Crippen LogP contribution in [0.15, 0.2) is 17.4 Å². The second-order valence-corrected chi connectivity index (χ2v) is 3.64. The molecule has 0 aliphatic carbocycles. The third-order valence-electron chi connectivity index (χ3n) is 1.47. The highest BCUT2D eigenvalue weighted by Gasteiger charge is 2.08. The summed E-state index contributed by atoms with van der Waals surface area (Å²) < 4.78 is 4.72. The molecule has 1 heterocycles. The second-order valence-electron chi connectivity index (χ2n) is 2.64. The zero-order valence-corrected chi connectivity index (χ0v) is 9.36. The number of hydrogen-bond donors (Lipinski definition) is 1. The molecule has 0 amide bonds. The van der Waals surface area contributed by atoms with Crippen molar-refractivity contribution in [1.82, 2.24) is 9.97 Å². The monoisotopic (exact) mass is 242 g/mol. The van der Waals surface area contributed by atoms with Crippen molar-refractivity contribution < 1.29 is 19.4 Å². The fourth-order valence-corrected chi connectivity index (χ4v) is 1.50. The fourth-order valence-electron chi connectivity index (χ4n) is 0.856. The highest BCUT2D eigenvalue weighted by Crippen LogP contribution is 2.14. The number of aromatic nitrogens is 2. The molecule has 0 unspecified atom stereocenters. The van der Waals surface area contributed by atoms with Crippen LogP contribution < -0.4 is 0 Å². The van der Waals surface area contributed by atoms with Gasteiger partial charge in [-0.3, -0.25) is 9.78 Å². The van der Waals surface area contributed by atoms with Gasteiger partial charge < -0.3 is 9.84 Å². The van der Waals surface area contributed by atoms with E-state index in [0.29, 0.717) is 11.6 Å². The number of aromatic carboxylic acids is 1. The number of carbonyl (C=O) groups is 2. The maximum absolute atomic E-state index is 11.0. The minimum Gasteiger partial charge on any atom is -0.476 e. The van der Waals surface area contributed by atoms with Crippen molar-refractivity contribution in [2.45, 2.75) is 11.9 Å². The van der Waals surface area contributed by atoms with Gasteiger partial charge in [-0.15, -0.1) is 0 Å². The van der Waals surface area contributed by atoms with Crippen LogP contribution in [0.2, 0.25) is 0 Å². The van der Waals surface area contributed by atoms with E-state index in [4.69, 9.17) is 9.84 Å². The molecule has 0 spiro atoms. The molecule has 0 saturated heterocycles. The van der Waals surface area contributed by atoms with Crippen molar-refractivity contribution in [3.05, 3.63) is 18.1 Å². The topological polar surface area (TPSA) is 89.4 Å². The number of carbonyl (C=O) groups excluding carboxylic acids is 1. The maximum atomic E-state index is 11.0. The molecule has 0 aliphatic rings. The minimum atomic E-state index is -1.15. The van der Waals surface area contributed by atoms with Crippen molar-refractivity contribution in [3.63, 3.8) is 0 Å². The minimum absolute atomic E-state index is 0.0889. The van der Waals surface area contributed by atoms with E-state index in [0.717, 1.165) is 18.0 Å². The summed E-state index contributed by atoms with van der Waals surface area (Å²) in [4.78, 5) is 29.1. The van der Waals surface area contributed by atoms with E-state index in [2.05, 4.69) is 9.97 Å². The Kier molecular flexibility index (Phi) is 4.71. The third-order valence-corrected chi connectivity index (χ3v) is 2.35. The molecule has 1 aromatic heterocycles. The quantitative estimate of drug-likeness (QED) is 0.604. The number of carboxylic acids is 1. The van der Waals surface area contributed by atoms with Crippen LogP contribution in [-0.2, 0) is 9.53 Å². The Morgan fingerprint density at radius 2 is 2.25 bits per heavy atom. The Labute approximate surface area is 96.0 Å². The Hall–Kier alpha value is -1.63. The number of rotatable bonds is 5. The Bertz CT molecular complexity index is 397. The molecule has 0 fully saturated rings. The van der Waals surface area contributed by atoms with E-state index in [9.17, 15) is 9.59 Å². The van der Waals surface area contributed by atoms with Crippen LogP contribution in [0.3, 0.4) is 0 Å². The van der Waals surface area contributed by atoms with Crippen LogP contribution in [0.1, 0.15) is 17.4 Å². The van der Waals surface area contributed by atoms with E-state index in [-0.39, 0.29) is 17.4 Å². The number of carboxylic acid groups (broad SMARTS) is 1. The standard InChI is InChI=1S/C9H10N2O4S/c1-2-15-8(12)5-16-7-4-10-3-6(11-7)9(13)14/h3-4H,2,5H2,1H3,(H,13,14). The molecule has 0 atom stereocenters. The molecular formula is C9H10N2O4S. The van der Waals surface area contributed by atoms with Gasteiger partial charge in [0, 0.05) is 0 Å². The van der Waals surface area contributed by atoms with Gasteiger partial charge in [-0.1, -0.05) is 11.8 Å². The first-order valence-electron chi connectivity index (χ1n) is 4.47. The molecule has 7 heteroatoms. The second kappa shape index (κ2) is 6.06.